The van der Waals surface area contributed by atoms with Gasteiger partial charge in [0.05, 0.1) is 11.4 Å². The van der Waals surface area contributed by atoms with Crippen LogP contribution < -0.4 is 5.32 Å². The predicted octanol–water partition coefficient (Wildman–Crippen LogP) is 4.18. The maximum atomic E-state index is 12.7. The SMILES string of the molecule is O=C(NCc1ccc(-n2cccn2)cc1)c1csc2nc(-c3ccccc3)cn12. The Morgan fingerprint density at radius 3 is 2.62 bits per heavy atom. The molecule has 0 saturated heterocycles. The first kappa shape index (κ1) is 17.4. The number of aromatic nitrogens is 4. The Morgan fingerprint density at radius 1 is 1.03 bits per heavy atom. The van der Waals surface area contributed by atoms with E-state index < -0.39 is 0 Å². The summed E-state index contributed by atoms with van der Waals surface area (Å²) in [4.78, 5) is 18.2. The monoisotopic (exact) mass is 399 g/mol. The van der Waals surface area contributed by atoms with Gasteiger partial charge in [-0.2, -0.15) is 5.10 Å². The number of fused-ring (bicyclic) bond motifs is 1. The Morgan fingerprint density at radius 2 is 1.86 bits per heavy atom. The fraction of sp³-hybridized carbons (Fsp3) is 0.0455. The van der Waals surface area contributed by atoms with Crippen LogP contribution >= 0.6 is 11.3 Å². The van der Waals surface area contributed by atoms with Gasteiger partial charge >= 0.3 is 0 Å². The normalized spacial score (nSPS) is 11.0. The van der Waals surface area contributed by atoms with Crippen LogP contribution in [0.15, 0.2) is 84.6 Å². The van der Waals surface area contributed by atoms with E-state index in [1.165, 1.54) is 11.3 Å². The number of thiazole rings is 1. The molecule has 1 amide bonds. The summed E-state index contributed by atoms with van der Waals surface area (Å²) >= 11 is 1.46. The molecule has 0 aliphatic heterocycles. The summed E-state index contributed by atoms with van der Waals surface area (Å²) < 4.78 is 3.65. The zero-order chi connectivity index (χ0) is 19.6. The lowest BCUT2D eigenvalue weighted by Crippen LogP contribution is -2.23. The van der Waals surface area contributed by atoms with Crippen molar-refractivity contribution < 1.29 is 4.79 Å². The Balaban J connectivity index is 1.31. The third-order valence-electron chi connectivity index (χ3n) is 4.67. The predicted molar refractivity (Wildman–Crippen MR) is 113 cm³/mol. The van der Waals surface area contributed by atoms with Crippen LogP contribution in [0.25, 0.3) is 21.9 Å². The first-order valence-electron chi connectivity index (χ1n) is 9.17. The number of hydrogen-bond acceptors (Lipinski definition) is 4. The van der Waals surface area contributed by atoms with Gasteiger partial charge in [-0.1, -0.05) is 42.5 Å². The van der Waals surface area contributed by atoms with Gasteiger partial charge in [-0.05, 0) is 23.8 Å². The van der Waals surface area contributed by atoms with Gasteiger partial charge in [0.1, 0.15) is 5.69 Å². The van der Waals surface area contributed by atoms with E-state index >= 15 is 0 Å². The Labute approximate surface area is 171 Å². The molecule has 7 heteroatoms. The molecule has 0 saturated carbocycles. The number of hydrogen-bond donors (Lipinski definition) is 1. The van der Waals surface area contributed by atoms with Crippen molar-refractivity contribution in [3.8, 4) is 16.9 Å². The molecule has 0 bridgehead atoms. The number of nitrogens with zero attached hydrogens (tertiary/aromatic N) is 4. The Hall–Kier alpha value is -3.71. The molecular weight excluding hydrogens is 382 g/mol. The molecule has 0 aliphatic carbocycles. The van der Waals surface area contributed by atoms with Gasteiger partial charge in [0.15, 0.2) is 4.96 Å². The number of imidazole rings is 1. The molecule has 1 N–H and O–H groups in total. The number of benzene rings is 2. The molecule has 0 aliphatic rings. The number of amides is 1. The topological polar surface area (TPSA) is 64.2 Å². The minimum Gasteiger partial charge on any atom is -0.347 e. The van der Waals surface area contributed by atoms with Gasteiger partial charge in [0.2, 0.25) is 0 Å². The summed E-state index contributed by atoms with van der Waals surface area (Å²) in [6.07, 6.45) is 5.55. The maximum Gasteiger partial charge on any atom is 0.269 e. The van der Waals surface area contributed by atoms with E-state index in [1.807, 2.05) is 82.8 Å². The van der Waals surface area contributed by atoms with Crippen LogP contribution in [0.2, 0.25) is 0 Å². The third-order valence-corrected chi connectivity index (χ3v) is 5.51. The Kier molecular flexibility index (Phi) is 4.42. The number of rotatable bonds is 5. The second kappa shape index (κ2) is 7.37. The number of carbonyl (C=O) groups excluding carboxylic acids is 1. The second-order valence-electron chi connectivity index (χ2n) is 6.57. The van der Waals surface area contributed by atoms with E-state index in [0.29, 0.717) is 12.2 Å². The van der Waals surface area contributed by atoms with E-state index in [0.717, 1.165) is 27.5 Å². The van der Waals surface area contributed by atoms with Gasteiger partial charge in [-0.15, -0.1) is 11.3 Å². The summed E-state index contributed by atoms with van der Waals surface area (Å²) in [5, 5.41) is 9.05. The highest BCUT2D eigenvalue weighted by atomic mass is 32.1. The average Bonchev–Trinajstić information content (AvgIpc) is 3.50. The Bertz CT molecular complexity index is 1250. The van der Waals surface area contributed by atoms with Crippen molar-refractivity contribution in [2.45, 2.75) is 6.54 Å². The highest BCUT2D eigenvalue weighted by Crippen LogP contribution is 2.23. The van der Waals surface area contributed by atoms with Crippen molar-refractivity contribution in [1.29, 1.82) is 0 Å². The quantitative estimate of drug-likeness (QED) is 0.482. The van der Waals surface area contributed by atoms with Crippen molar-refractivity contribution in [3.05, 3.63) is 95.9 Å². The second-order valence-corrected chi connectivity index (χ2v) is 7.40. The van der Waals surface area contributed by atoms with E-state index in [-0.39, 0.29) is 5.91 Å². The number of carbonyl (C=O) groups is 1. The molecule has 0 spiro atoms. The van der Waals surface area contributed by atoms with Crippen molar-refractivity contribution >= 4 is 22.2 Å². The van der Waals surface area contributed by atoms with Crippen molar-refractivity contribution in [3.63, 3.8) is 0 Å². The lowest BCUT2D eigenvalue weighted by atomic mass is 10.2. The standard InChI is InChI=1S/C22H17N5OS/c28-21(23-13-16-7-9-18(10-8-16)27-12-4-11-24-27)20-15-29-22-25-19(14-26(20)22)17-5-2-1-3-6-17/h1-12,14-15H,13H2,(H,23,28). The maximum absolute atomic E-state index is 12.7. The van der Waals surface area contributed by atoms with Gasteiger partial charge in [0, 0.05) is 36.1 Å². The molecule has 0 fully saturated rings. The zero-order valence-corrected chi connectivity index (χ0v) is 16.2. The smallest absolute Gasteiger partial charge is 0.269 e. The highest BCUT2D eigenvalue weighted by Gasteiger charge is 2.15. The summed E-state index contributed by atoms with van der Waals surface area (Å²) in [5.74, 6) is -0.121. The minimum absolute atomic E-state index is 0.121. The van der Waals surface area contributed by atoms with Crippen LogP contribution in [0, 0.1) is 0 Å². The highest BCUT2D eigenvalue weighted by molar-refractivity contribution is 7.15. The summed E-state index contributed by atoms with van der Waals surface area (Å²) in [7, 11) is 0. The van der Waals surface area contributed by atoms with Gasteiger partial charge < -0.3 is 5.32 Å². The lowest BCUT2D eigenvalue weighted by molar-refractivity contribution is 0.0945. The third kappa shape index (κ3) is 3.43. The first-order valence-corrected chi connectivity index (χ1v) is 10.0. The molecule has 3 aromatic heterocycles. The lowest BCUT2D eigenvalue weighted by Gasteiger charge is -2.06. The van der Waals surface area contributed by atoms with Crippen molar-refractivity contribution in [2.24, 2.45) is 0 Å². The van der Waals surface area contributed by atoms with Crippen LogP contribution in [0.3, 0.4) is 0 Å². The molecule has 142 valence electrons. The zero-order valence-electron chi connectivity index (χ0n) is 15.4. The van der Waals surface area contributed by atoms with Crippen LogP contribution in [-0.2, 0) is 6.54 Å². The average molecular weight is 399 g/mol. The van der Waals surface area contributed by atoms with Gasteiger partial charge in [-0.3, -0.25) is 9.20 Å². The molecule has 29 heavy (non-hydrogen) atoms. The molecule has 5 aromatic rings. The molecule has 5 rings (SSSR count). The molecule has 2 aromatic carbocycles. The van der Waals surface area contributed by atoms with Crippen LogP contribution in [0.5, 0.6) is 0 Å². The molecule has 0 radical (unpaired) electrons. The van der Waals surface area contributed by atoms with Gasteiger partial charge in [0.25, 0.3) is 5.91 Å². The van der Waals surface area contributed by atoms with Crippen LogP contribution in [0.4, 0.5) is 0 Å². The molecule has 3 heterocycles. The summed E-state index contributed by atoms with van der Waals surface area (Å²) in [6.45, 7) is 0.454. The van der Waals surface area contributed by atoms with Crippen LogP contribution in [0.1, 0.15) is 16.1 Å². The van der Waals surface area contributed by atoms with Gasteiger partial charge in [-0.25, -0.2) is 9.67 Å². The number of nitrogens with one attached hydrogen (secondary N) is 1. The minimum atomic E-state index is -0.121. The largest absolute Gasteiger partial charge is 0.347 e. The summed E-state index contributed by atoms with van der Waals surface area (Å²) in [6, 6.07) is 19.8. The molecule has 0 atom stereocenters. The fourth-order valence-corrected chi connectivity index (χ4v) is 4.01. The van der Waals surface area contributed by atoms with Crippen molar-refractivity contribution in [1.82, 2.24) is 24.5 Å². The fourth-order valence-electron chi connectivity index (χ4n) is 3.16. The molecule has 0 unspecified atom stereocenters. The van der Waals surface area contributed by atoms with E-state index in [2.05, 4.69) is 15.4 Å². The van der Waals surface area contributed by atoms with Crippen LogP contribution in [-0.4, -0.2) is 25.1 Å². The first-order chi connectivity index (χ1) is 14.3. The summed E-state index contributed by atoms with van der Waals surface area (Å²) in [5.41, 5.74) is 4.49. The molecule has 6 nitrogen and oxygen atoms in total. The van der Waals surface area contributed by atoms with E-state index in [4.69, 9.17) is 0 Å². The van der Waals surface area contributed by atoms with E-state index in [9.17, 15) is 4.79 Å². The van der Waals surface area contributed by atoms with E-state index in [1.54, 1.807) is 10.9 Å². The molecular formula is C22H17N5OS. The van der Waals surface area contributed by atoms with Crippen molar-refractivity contribution in [2.75, 3.05) is 0 Å².